The molecule has 3 N–H and O–H groups in total. The van der Waals surface area contributed by atoms with Crippen LogP contribution in [0, 0.1) is 13.8 Å². The molecule has 1 aromatic heterocycles. The SMILES string of the molecule is CCc1c(C)nn(CCNC(=O)CCC2NC(=O)NC2=O)c1C. The number of rotatable bonds is 7. The molecule has 2 heterocycles. The van der Waals surface area contributed by atoms with Gasteiger partial charge in [-0.15, -0.1) is 0 Å². The molecule has 4 amide bonds. The highest BCUT2D eigenvalue weighted by molar-refractivity contribution is 6.04. The summed E-state index contributed by atoms with van der Waals surface area (Å²) in [6.45, 7) is 7.21. The predicted octanol–water partition coefficient (Wildman–Crippen LogP) is 0.167. The van der Waals surface area contributed by atoms with Gasteiger partial charge in [-0.05, 0) is 32.3 Å². The molecule has 2 rings (SSSR count). The molecule has 1 unspecified atom stereocenters. The Morgan fingerprint density at radius 1 is 1.35 bits per heavy atom. The van der Waals surface area contributed by atoms with Gasteiger partial charge in [0.25, 0.3) is 5.91 Å². The lowest BCUT2D eigenvalue weighted by molar-refractivity contribution is -0.122. The molecule has 1 atom stereocenters. The highest BCUT2D eigenvalue weighted by atomic mass is 16.2. The number of nitrogens with one attached hydrogen (secondary N) is 3. The molecular weight excluding hydrogens is 298 g/mol. The minimum absolute atomic E-state index is 0.142. The van der Waals surface area contributed by atoms with Crippen LogP contribution >= 0.6 is 0 Å². The first kappa shape index (κ1) is 17.0. The van der Waals surface area contributed by atoms with Gasteiger partial charge in [-0.3, -0.25) is 19.6 Å². The summed E-state index contributed by atoms with van der Waals surface area (Å²) in [5, 5.41) is 11.9. The van der Waals surface area contributed by atoms with Crippen LogP contribution in [0.5, 0.6) is 0 Å². The average Bonchev–Trinajstić information content (AvgIpc) is 2.95. The van der Waals surface area contributed by atoms with Gasteiger partial charge in [-0.25, -0.2) is 4.79 Å². The highest BCUT2D eigenvalue weighted by Gasteiger charge is 2.29. The first-order valence-electron chi connectivity index (χ1n) is 7.83. The Labute approximate surface area is 135 Å². The first-order valence-corrected chi connectivity index (χ1v) is 7.83. The van der Waals surface area contributed by atoms with Crippen LogP contribution in [0.4, 0.5) is 4.79 Å². The number of nitrogens with zero attached hydrogens (tertiary/aromatic N) is 2. The van der Waals surface area contributed by atoms with E-state index in [9.17, 15) is 14.4 Å². The van der Waals surface area contributed by atoms with Crippen LogP contribution in [-0.2, 0) is 22.6 Å². The number of urea groups is 1. The molecule has 23 heavy (non-hydrogen) atoms. The first-order chi connectivity index (χ1) is 10.9. The predicted molar refractivity (Wildman–Crippen MR) is 83.8 cm³/mol. The zero-order valence-electron chi connectivity index (χ0n) is 13.7. The maximum atomic E-state index is 11.8. The summed E-state index contributed by atoms with van der Waals surface area (Å²) in [6.07, 6.45) is 1.43. The summed E-state index contributed by atoms with van der Waals surface area (Å²) in [7, 11) is 0. The Morgan fingerprint density at radius 2 is 2.09 bits per heavy atom. The van der Waals surface area contributed by atoms with Gasteiger partial charge < -0.3 is 10.6 Å². The van der Waals surface area contributed by atoms with E-state index in [2.05, 4.69) is 28.0 Å². The van der Waals surface area contributed by atoms with Crippen LogP contribution in [0.15, 0.2) is 0 Å². The molecule has 0 radical (unpaired) electrons. The topological polar surface area (TPSA) is 105 Å². The van der Waals surface area contributed by atoms with Crippen molar-refractivity contribution < 1.29 is 14.4 Å². The van der Waals surface area contributed by atoms with Crippen LogP contribution in [0.2, 0.25) is 0 Å². The van der Waals surface area contributed by atoms with Crippen molar-refractivity contribution in [2.75, 3.05) is 6.54 Å². The number of imide groups is 1. The number of aromatic nitrogens is 2. The van der Waals surface area contributed by atoms with E-state index in [1.54, 1.807) is 0 Å². The highest BCUT2D eigenvalue weighted by Crippen LogP contribution is 2.13. The second kappa shape index (κ2) is 7.26. The summed E-state index contributed by atoms with van der Waals surface area (Å²) in [4.78, 5) is 34.1. The molecule has 1 fully saturated rings. The third-order valence-electron chi connectivity index (χ3n) is 4.05. The van der Waals surface area contributed by atoms with Gasteiger partial charge in [0.15, 0.2) is 0 Å². The zero-order chi connectivity index (χ0) is 17.0. The molecular formula is C15H23N5O3. The number of carbonyl (C=O) groups is 3. The third kappa shape index (κ3) is 4.08. The lowest BCUT2D eigenvalue weighted by Crippen LogP contribution is -2.33. The van der Waals surface area contributed by atoms with Gasteiger partial charge in [0.1, 0.15) is 6.04 Å². The quantitative estimate of drug-likeness (QED) is 0.622. The van der Waals surface area contributed by atoms with Gasteiger partial charge >= 0.3 is 6.03 Å². The summed E-state index contributed by atoms with van der Waals surface area (Å²) in [5.74, 6) is -0.520. The lowest BCUT2D eigenvalue weighted by atomic mass is 10.1. The van der Waals surface area contributed by atoms with Crippen LogP contribution in [-0.4, -0.2) is 40.2 Å². The van der Waals surface area contributed by atoms with E-state index in [4.69, 9.17) is 0 Å². The van der Waals surface area contributed by atoms with E-state index in [0.717, 1.165) is 17.8 Å². The van der Waals surface area contributed by atoms with E-state index in [0.29, 0.717) is 19.5 Å². The molecule has 0 spiro atoms. The molecule has 8 nitrogen and oxygen atoms in total. The number of aryl methyl sites for hydroxylation is 1. The fourth-order valence-electron chi connectivity index (χ4n) is 2.79. The molecule has 1 aliphatic rings. The van der Waals surface area contributed by atoms with E-state index in [1.165, 1.54) is 5.56 Å². The Hall–Kier alpha value is -2.38. The van der Waals surface area contributed by atoms with Crippen LogP contribution in [0.1, 0.15) is 36.7 Å². The van der Waals surface area contributed by atoms with Gasteiger partial charge in [-0.2, -0.15) is 5.10 Å². The molecule has 0 aromatic carbocycles. The van der Waals surface area contributed by atoms with E-state index < -0.39 is 12.1 Å². The minimum Gasteiger partial charge on any atom is -0.354 e. The second-order valence-corrected chi connectivity index (χ2v) is 5.63. The van der Waals surface area contributed by atoms with Crippen LogP contribution in [0.3, 0.4) is 0 Å². The van der Waals surface area contributed by atoms with Crippen molar-refractivity contribution in [1.29, 1.82) is 0 Å². The smallest absolute Gasteiger partial charge is 0.322 e. The van der Waals surface area contributed by atoms with Crippen molar-refractivity contribution in [1.82, 2.24) is 25.7 Å². The molecule has 1 aromatic rings. The zero-order valence-corrected chi connectivity index (χ0v) is 13.7. The van der Waals surface area contributed by atoms with Crippen LogP contribution in [0.25, 0.3) is 0 Å². The molecule has 0 saturated carbocycles. The fraction of sp³-hybridized carbons (Fsp3) is 0.600. The maximum absolute atomic E-state index is 11.8. The van der Waals surface area contributed by atoms with E-state index in [-0.39, 0.29) is 18.2 Å². The van der Waals surface area contributed by atoms with Gasteiger partial charge in [0, 0.05) is 18.7 Å². The lowest BCUT2D eigenvalue weighted by Gasteiger charge is -2.09. The molecule has 126 valence electrons. The van der Waals surface area contributed by atoms with Crippen molar-refractivity contribution in [3.63, 3.8) is 0 Å². The van der Waals surface area contributed by atoms with Crippen molar-refractivity contribution in [3.8, 4) is 0 Å². The standard InChI is InChI=1S/C15H23N5O3/c1-4-11-9(2)19-20(10(11)3)8-7-16-13(21)6-5-12-14(22)18-15(23)17-12/h12H,4-8H2,1-3H3,(H,16,21)(H2,17,18,22,23). The summed E-state index contributed by atoms with van der Waals surface area (Å²) < 4.78 is 1.90. The monoisotopic (exact) mass is 321 g/mol. The molecule has 0 aliphatic carbocycles. The number of carbonyl (C=O) groups excluding carboxylic acids is 3. The fourth-order valence-corrected chi connectivity index (χ4v) is 2.79. The van der Waals surface area contributed by atoms with Crippen molar-refractivity contribution in [2.45, 2.75) is 52.6 Å². The number of hydrogen-bond acceptors (Lipinski definition) is 4. The Bertz CT molecular complexity index is 623. The van der Waals surface area contributed by atoms with Crippen LogP contribution < -0.4 is 16.0 Å². The summed E-state index contributed by atoms with van der Waals surface area (Å²) in [5.41, 5.74) is 3.41. The molecule has 1 aliphatic heterocycles. The van der Waals surface area contributed by atoms with Crippen molar-refractivity contribution in [2.24, 2.45) is 0 Å². The second-order valence-electron chi connectivity index (χ2n) is 5.63. The molecule has 8 heteroatoms. The molecule has 0 bridgehead atoms. The van der Waals surface area contributed by atoms with Gasteiger partial charge in [-0.1, -0.05) is 6.92 Å². The Morgan fingerprint density at radius 3 is 2.65 bits per heavy atom. The number of amides is 4. The minimum atomic E-state index is -0.614. The number of hydrogen-bond donors (Lipinski definition) is 3. The molecule has 1 saturated heterocycles. The maximum Gasteiger partial charge on any atom is 0.322 e. The van der Waals surface area contributed by atoms with Gasteiger partial charge in [0.2, 0.25) is 5.91 Å². The Balaban J connectivity index is 1.73. The largest absolute Gasteiger partial charge is 0.354 e. The summed E-state index contributed by atoms with van der Waals surface area (Å²) in [6, 6.07) is -1.12. The average molecular weight is 321 g/mol. The summed E-state index contributed by atoms with van der Waals surface area (Å²) >= 11 is 0. The van der Waals surface area contributed by atoms with Crippen molar-refractivity contribution >= 4 is 17.8 Å². The van der Waals surface area contributed by atoms with E-state index in [1.807, 2.05) is 18.5 Å². The normalized spacial score (nSPS) is 17.1. The van der Waals surface area contributed by atoms with Crippen molar-refractivity contribution in [3.05, 3.63) is 17.0 Å². The van der Waals surface area contributed by atoms with E-state index >= 15 is 0 Å². The Kier molecular flexibility index (Phi) is 5.36. The third-order valence-corrected chi connectivity index (χ3v) is 4.05. The van der Waals surface area contributed by atoms with Gasteiger partial charge in [0.05, 0.1) is 12.2 Å².